The van der Waals surface area contributed by atoms with Gasteiger partial charge in [-0.2, -0.15) is 0 Å². The maximum atomic E-state index is 11.7. The van der Waals surface area contributed by atoms with Gasteiger partial charge in [-0.25, -0.2) is 4.79 Å². The molecule has 1 aromatic heterocycles. The van der Waals surface area contributed by atoms with Gasteiger partial charge in [0.05, 0.1) is 0 Å². The summed E-state index contributed by atoms with van der Waals surface area (Å²) in [5.74, 6) is 0.625. The van der Waals surface area contributed by atoms with E-state index in [4.69, 9.17) is 0 Å². The Balaban J connectivity index is 2.08. The number of nitrogens with zero attached hydrogens (tertiary/aromatic N) is 2. The van der Waals surface area contributed by atoms with Gasteiger partial charge in [0.25, 0.3) is 0 Å². The van der Waals surface area contributed by atoms with Crippen LogP contribution in [0.1, 0.15) is 13.3 Å². The fourth-order valence-corrected chi connectivity index (χ4v) is 1.98. The van der Waals surface area contributed by atoms with Crippen molar-refractivity contribution < 1.29 is 0 Å². The average Bonchev–Trinajstić information content (AvgIpc) is 2.79. The van der Waals surface area contributed by atoms with E-state index in [-0.39, 0.29) is 5.69 Å². The molecular weight excluding hydrogens is 178 g/mol. The molecule has 1 aliphatic rings. The van der Waals surface area contributed by atoms with E-state index in [9.17, 15) is 4.79 Å². The minimum absolute atomic E-state index is 0.124. The monoisotopic (exact) mass is 195 g/mol. The highest BCUT2D eigenvalue weighted by Crippen LogP contribution is 2.08. The van der Waals surface area contributed by atoms with Gasteiger partial charge in [-0.3, -0.25) is 9.13 Å². The Morgan fingerprint density at radius 2 is 2.29 bits per heavy atom. The average molecular weight is 195 g/mol. The fraction of sp³-hybridized carbons (Fsp3) is 0.700. The van der Waals surface area contributed by atoms with Crippen molar-refractivity contribution in [2.24, 2.45) is 5.92 Å². The van der Waals surface area contributed by atoms with E-state index in [0.29, 0.717) is 5.92 Å². The first-order valence-electron chi connectivity index (χ1n) is 5.27. The number of aromatic nitrogens is 2. The van der Waals surface area contributed by atoms with Crippen molar-refractivity contribution in [3.8, 4) is 0 Å². The first kappa shape index (κ1) is 9.52. The van der Waals surface area contributed by atoms with Crippen molar-refractivity contribution in [2.45, 2.75) is 26.4 Å². The molecule has 0 aromatic carbocycles. The number of aryl methyl sites for hydroxylation is 1. The van der Waals surface area contributed by atoms with Crippen LogP contribution in [0, 0.1) is 5.92 Å². The second-order valence-electron chi connectivity index (χ2n) is 3.88. The Bertz CT molecular complexity index is 346. The molecule has 4 nitrogen and oxygen atoms in total. The van der Waals surface area contributed by atoms with Crippen molar-refractivity contribution in [2.75, 3.05) is 13.1 Å². The van der Waals surface area contributed by atoms with Crippen LogP contribution in [0.3, 0.4) is 0 Å². The number of nitrogens with one attached hydrogen (secondary N) is 1. The largest absolute Gasteiger partial charge is 0.328 e. The summed E-state index contributed by atoms with van der Waals surface area (Å²) in [5, 5.41) is 3.31. The molecule has 78 valence electrons. The SMILES string of the molecule is CCn1ccn(CC2CCNC2)c1=O. The minimum atomic E-state index is 0.124. The Labute approximate surface area is 83.5 Å². The molecule has 1 N–H and O–H groups in total. The molecule has 1 unspecified atom stereocenters. The zero-order chi connectivity index (χ0) is 9.97. The molecule has 2 rings (SSSR count). The van der Waals surface area contributed by atoms with E-state index in [1.807, 2.05) is 23.9 Å². The summed E-state index contributed by atoms with van der Waals surface area (Å²) in [6, 6.07) is 0. The molecule has 14 heavy (non-hydrogen) atoms. The van der Waals surface area contributed by atoms with E-state index in [1.54, 1.807) is 4.57 Å². The maximum absolute atomic E-state index is 11.7. The molecule has 0 saturated carbocycles. The van der Waals surface area contributed by atoms with E-state index < -0.39 is 0 Å². The van der Waals surface area contributed by atoms with Crippen LogP contribution in [0.2, 0.25) is 0 Å². The van der Waals surface area contributed by atoms with Gasteiger partial charge >= 0.3 is 5.69 Å². The van der Waals surface area contributed by atoms with Gasteiger partial charge in [0, 0.05) is 25.5 Å². The lowest BCUT2D eigenvalue weighted by Crippen LogP contribution is -2.26. The number of hydrogen-bond acceptors (Lipinski definition) is 2. The van der Waals surface area contributed by atoms with Gasteiger partial charge in [0.1, 0.15) is 0 Å². The van der Waals surface area contributed by atoms with E-state index in [1.165, 1.54) is 6.42 Å². The smallest absolute Gasteiger partial charge is 0.316 e. The summed E-state index contributed by atoms with van der Waals surface area (Å²) in [6.07, 6.45) is 4.94. The Kier molecular flexibility index (Phi) is 2.72. The fourth-order valence-electron chi connectivity index (χ4n) is 1.98. The minimum Gasteiger partial charge on any atom is -0.316 e. The van der Waals surface area contributed by atoms with Gasteiger partial charge in [-0.1, -0.05) is 0 Å². The van der Waals surface area contributed by atoms with Crippen molar-refractivity contribution >= 4 is 0 Å². The molecule has 4 heteroatoms. The van der Waals surface area contributed by atoms with E-state index in [2.05, 4.69) is 5.32 Å². The molecule has 1 aliphatic heterocycles. The van der Waals surface area contributed by atoms with Crippen LogP contribution in [0.5, 0.6) is 0 Å². The summed E-state index contributed by atoms with van der Waals surface area (Å²) in [5.41, 5.74) is 0.124. The third-order valence-electron chi connectivity index (χ3n) is 2.88. The molecular formula is C10H17N3O. The third kappa shape index (κ3) is 1.75. The quantitative estimate of drug-likeness (QED) is 0.752. The van der Waals surface area contributed by atoms with Gasteiger partial charge in [0.2, 0.25) is 0 Å². The van der Waals surface area contributed by atoms with Crippen molar-refractivity contribution in [1.29, 1.82) is 0 Å². The summed E-state index contributed by atoms with van der Waals surface area (Å²) in [4.78, 5) is 11.7. The lowest BCUT2D eigenvalue weighted by molar-refractivity contribution is 0.466. The Hall–Kier alpha value is -1.03. The van der Waals surface area contributed by atoms with Crippen LogP contribution in [-0.2, 0) is 13.1 Å². The lowest BCUT2D eigenvalue weighted by atomic mass is 10.1. The van der Waals surface area contributed by atoms with Crippen LogP contribution < -0.4 is 11.0 Å². The predicted octanol–water partition coefficient (Wildman–Crippen LogP) is 0.279. The number of hydrogen-bond donors (Lipinski definition) is 1. The van der Waals surface area contributed by atoms with Crippen LogP contribution in [-0.4, -0.2) is 22.2 Å². The highest BCUT2D eigenvalue weighted by molar-refractivity contribution is 4.83. The molecule has 0 spiro atoms. The lowest BCUT2D eigenvalue weighted by Gasteiger charge is -2.07. The summed E-state index contributed by atoms with van der Waals surface area (Å²) in [7, 11) is 0. The highest BCUT2D eigenvalue weighted by atomic mass is 16.1. The van der Waals surface area contributed by atoms with Crippen molar-refractivity contribution in [1.82, 2.24) is 14.5 Å². The summed E-state index contributed by atoms with van der Waals surface area (Å²) >= 11 is 0. The summed E-state index contributed by atoms with van der Waals surface area (Å²) < 4.78 is 3.56. The zero-order valence-electron chi connectivity index (χ0n) is 8.57. The maximum Gasteiger partial charge on any atom is 0.328 e. The molecule has 0 aliphatic carbocycles. The zero-order valence-corrected chi connectivity index (χ0v) is 8.57. The van der Waals surface area contributed by atoms with Gasteiger partial charge in [0.15, 0.2) is 0 Å². The van der Waals surface area contributed by atoms with Gasteiger partial charge in [-0.15, -0.1) is 0 Å². The predicted molar refractivity (Wildman–Crippen MR) is 55.3 cm³/mol. The van der Waals surface area contributed by atoms with Crippen LogP contribution in [0.15, 0.2) is 17.2 Å². The van der Waals surface area contributed by atoms with Crippen molar-refractivity contribution in [3.63, 3.8) is 0 Å². The second kappa shape index (κ2) is 4.00. The third-order valence-corrected chi connectivity index (χ3v) is 2.88. The van der Waals surface area contributed by atoms with Crippen LogP contribution in [0.25, 0.3) is 0 Å². The first-order valence-corrected chi connectivity index (χ1v) is 5.27. The number of rotatable bonds is 3. The van der Waals surface area contributed by atoms with Crippen LogP contribution in [0.4, 0.5) is 0 Å². The Morgan fingerprint density at radius 3 is 2.86 bits per heavy atom. The highest BCUT2D eigenvalue weighted by Gasteiger charge is 2.15. The van der Waals surface area contributed by atoms with Gasteiger partial charge < -0.3 is 5.32 Å². The van der Waals surface area contributed by atoms with E-state index in [0.717, 1.165) is 26.2 Å². The molecule has 0 radical (unpaired) electrons. The summed E-state index contributed by atoms with van der Waals surface area (Å²) in [6.45, 7) is 5.74. The normalized spacial score (nSPS) is 21.6. The molecule has 1 atom stereocenters. The molecule has 1 saturated heterocycles. The molecule has 2 heterocycles. The van der Waals surface area contributed by atoms with Crippen molar-refractivity contribution in [3.05, 3.63) is 22.9 Å². The first-order chi connectivity index (χ1) is 6.81. The number of imidazole rings is 1. The molecule has 1 aromatic rings. The molecule has 0 amide bonds. The van der Waals surface area contributed by atoms with E-state index >= 15 is 0 Å². The van der Waals surface area contributed by atoms with Crippen LogP contribution >= 0.6 is 0 Å². The topological polar surface area (TPSA) is 39.0 Å². The molecule has 0 bridgehead atoms. The second-order valence-corrected chi connectivity index (χ2v) is 3.88. The Morgan fingerprint density at radius 1 is 1.50 bits per heavy atom. The van der Waals surface area contributed by atoms with Gasteiger partial charge in [-0.05, 0) is 32.4 Å². The standard InChI is InChI=1S/C10H17N3O/c1-2-12-5-6-13(10(12)14)8-9-3-4-11-7-9/h5-6,9,11H,2-4,7-8H2,1H3. The molecule has 1 fully saturated rings.